The molecule has 5 aliphatic carbocycles. The molecule has 0 N–H and O–H groups in total. The molecule has 524 valence electrons. The number of para-hydroxylation sites is 3. The molecule has 0 unspecified atom stereocenters. The number of rotatable bonds is 8. The minimum Gasteiger partial charge on any atom is -0.456 e. The predicted molar refractivity (Wildman–Crippen MR) is 456 cm³/mol. The van der Waals surface area contributed by atoms with Gasteiger partial charge < -0.3 is 18.2 Å². The third-order valence-corrected chi connectivity index (χ3v) is 26.7. The fourth-order valence-corrected chi connectivity index (χ4v) is 22.1. The molecule has 3 aromatic heterocycles. The highest BCUT2D eigenvalue weighted by Crippen LogP contribution is 2.68. The van der Waals surface area contributed by atoms with Crippen LogP contribution in [0.5, 0.6) is 0 Å². The molecule has 0 atom stereocenters. The molecule has 0 amide bonds. The molecular formula is C107H73NO3. The highest BCUT2D eigenvalue weighted by Gasteiger charge is 2.54. The molecule has 0 spiro atoms. The normalized spacial score (nSPS) is 15.5. The van der Waals surface area contributed by atoms with E-state index in [4.69, 9.17) is 13.3 Å². The van der Waals surface area contributed by atoms with E-state index >= 15 is 0 Å². The van der Waals surface area contributed by atoms with Crippen molar-refractivity contribution in [3.8, 4) is 66.8 Å². The van der Waals surface area contributed by atoms with Crippen LogP contribution >= 0.6 is 0 Å². The van der Waals surface area contributed by atoms with Crippen molar-refractivity contribution in [1.82, 2.24) is 0 Å². The molecule has 4 heteroatoms. The van der Waals surface area contributed by atoms with Gasteiger partial charge in [-0.2, -0.15) is 0 Å². The highest BCUT2D eigenvalue weighted by molar-refractivity contribution is 6.22. The van der Waals surface area contributed by atoms with Crippen LogP contribution in [-0.4, -0.2) is 0 Å². The molecule has 0 saturated carbocycles. The first-order valence-corrected chi connectivity index (χ1v) is 39.1. The SMILES string of the molecule is CC1(C)c2cc(N(c3ccc4c(c3)C(C)(C)c3c5c(c6c(oc7ccccc76)c3-4)-c3ccccc3C5(C)C)c3ccc4c(c3)C(c3ccccc3)(c3ccccc3)c3cc5c(cc3-4)C(c3ccccc3)(c3ccccc3)c3ccc4oc6ccccc6c4c3-5)ccc2-c2c1cc(-c1ccccc1)c1oc3ccccc3c21. The van der Waals surface area contributed by atoms with Crippen LogP contribution in [0.1, 0.15) is 119 Å². The van der Waals surface area contributed by atoms with Gasteiger partial charge in [-0.25, -0.2) is 0 Å². The third kappa shape index (κ3) is 7.93. The first-order valence-electron chi connectivity index (χ1n) is 39.1. The zero-order valence-electron chi connectivity index (χ0n) is 62.4. The van der Waals surface area contributed by atoms with Crippen molar-refractivity contribution in [2.24, 2.45) is 0 Å². The van der Waals surface area contributed by atoms with Gasteiger partial charge in [-0.15, -0.1) is 0 Å². The molecule has 0 aliphatic heterocycles. The van der Waals surface area contributed by atoms with E-state index in [1.54, 1.807) is 0 Å². The summed E-state index contributed by atoms with van der Waals surface area (Å²) < 4.78 is 21.3. The van der Waals surface area contributed by atoms with E-state index < -0.39 is 21.7 Å². The first-order chi connectivity index (χ1) is 54.3. The number of hydrogen-bond donors (Lipinski definition) is 0. The van der Waals surface area contributed by atoms with Gasteiger partial charge in [-0.3, -0.25) is 0 Å². The Morgan fingerprint density at radius 1 is 0.225 bits per heavy atom. The van der Waals surface area contributed by atoms with Crippen molar-refractivity contribution in [2.75, 3.05) is 4.90 Å². The van der Waals surface area contributed by atoms with Crippen molar-refractivity contribution in [3.05, 3.63) is 412 Å². The molecule has 0 saturated heterocycles. The van der Waals surface area contributed by atoms with Crippen LogP contribution in [-0.2, 0) is 27.1 Å². The minimum absolute atomic E-state index is 0.304. The summed E-state index contributed by atoms with van der Waals surface area (Å²) in [5, 5.41) is 6.88. The lowest BCUT2D eigenvalue weighted by Crippen LogP contribution is -2.30. The average molecular weight is 1420 g/mol. The fraction of sp³-hybridized carbons (Fsp3) is 0.103. The maximum Gasteiger partial charge on any atom is 0.144 e. The van der Waals surface area contributed by atoms with Gasteiger partial charge in [-0.05, 0) is 212 Å². The lowest BCUT2D eigenvalue weighted by molar-refractivity contribution is 0.600. The maximum atomic E-state index is 7.31. The summed E-state index contributed by atoms with van der Waals surface area (Å²) >= 11 is 0. The summed E-state index contributed by atoms with van der Waals surface area (Å²) in [6.07, 6.45) is 0. The summed E-state index contributed by atoms with van der Waals surface area (Å²) in [4.78, 5) is 2.59. The molecule has 111 heavy (non-hydrogen) atoms. The van der Waals surface area contributed by atoms with Gasteiger partial charge in [-0.1, -0.05) is 296 Å². The maximum absolute atomic E-state index is 7.31. The van der Waals surface area contributed by atoms with Crippen LogP contribution in [0.3, 0.4) is 0 Å². The number of benzene rings is 16. The Morgan fingerprint density at radius 2 is 0.622 bits per heavy atom. The van der Waals surface area contributed by atoms with Crippen LogP contribution in [0.15, 0.2) is 347 Å². The summed E-state index contributed by atoms with van der Waals surface area (Å²) in [7, 11) is 0. The summed E-state index contributed by atoms with van der Waals surface area (Å²) in [5.74, 6) is 0. The van der Waals surface area contributed by atoms with Gasteiger partial charge in [0.2, 0.25) is 0 Å². The summed E-state index contributed by atoms with van der Waals surface area (Å²) in [6, 6.07) is 126. The Kier molecular flexibility index (Phi) is 12.4. The molecule has 19 aromatic rings. The first kappa shape index (κ1) is 62.7. The van der Waals surface area contributed by atoms with Crippen LogP contribution < -0.4 is 4.90 Å². The Balaban J connectivity index is 0.786. The van der Waals surface area contributed by atoms with Crippen molar-refractivity contribution in [3.63, 3.8) is 0 Å². The van der Waals surface area contributed by atoms with Gasteiger partial charge in [0.25, 0.3) is 0 Å². The van der Waals surface area contributed by atoms with Gasteiger partial charge in [0.05, 0.1) is 10.8 Å². The number of furan rings is 3. The number of hydrogen-bond acceptors (Lipinski definition) is 4. The Hall–Kier alpha value is -13.3. The van der Waals surface area contributed by atoms with E-state index in [1.807, 2.05) is 0 Å². The highest BCUT2D eigenvalue weighted by atomic mass is 16.3. The number of fused-ring (bicyclic) bond motifs is 29. The zero-order valence-corrected chi connectivity index (χ0v) is 62.4. The number of nitrogens with zero attached hydrogens (tertiary/aromatic N) is 1. The van der Waals surface area contributed by atoms with E-state index in [1.165, 1.54) is 139 Å². The molecule has 0 radical (unpaired) electrons. The van der Waals surface area contributed by atoms with E-state index in [-0.39, 0.29) is 5.41 Å². The predicted octanol–water partition coefficient (Wildman–Crippen LogP) is 28.2. The average Bonchev–Trinajstić information content (AvgIpc) is 1.51. The van der Waals surface area contributed by atoms with Crippen molar-refractivity contribution >= 4 is 82.9 Å². The Labute approximate surface area is 643 Å². The van der Waals surface area contributed by atoms with Crippen molar-refractivity contribution in [2.45, 2.75) is 68.6 Å². The molecular weight excluding hydrogens is 1350 g/mol. The van der Waals surface area contributed by atoms with E-state index in [0.717, 1.165) is 88.6 Å². The van der Waals surface area contributed by atoms with Gasteiger partial charge in [0.15, 0.2) is 0 Å². The molecule has 0 bridgehead atoms. The van der Waals surface area contributed by atoms with Gasteiger partial charge in [0, 0.05) is 76.8 Å². The smallest absolute Gasteiger partial charge is 0.144 e. The Bertz CT molecular complexity index is 7190. The third-order valence-electron chi connectivity index (χ3n) is 26.7. The van der Waals surface area contributed by atoms with E-state index in [0.29, 0.717) is 0 Å². The van der Waals surface area contributed by atoms with Crippen LogP contribution in [0, 0.1) is 0 Å². The summed E-state index contributed by atoms with van der Waals surface area (Å²) in [6.45, 7) is 14.7. The van der Waals surface area contributed by atoms with E-state index in [2.05, 4.69) is 380 Å². The topological polar surface area (TPSA) is 42.7 Å². The summed E-state index contributed by atoms with van der Waals surface area (Å²) in [5.41, 5.74) is 38.1. The quantitative estimate of drug-likeness (QED) is 0.152. The van der Waals surface area contributed by atoms with Crippen LogP contribution in [0.2, 0.25) is 0 Å². The van der Waals surface area contributed by atoms with E-state index in [9.17, 15) is 0 Å². The lowest BCUT2D eigenvalue weighted by atomic mass is 9.66. The standard InChI is InChI=1S/C107H73NO3/c1-103(2)82-56-67(49-52-72(82)92-87(103)59-77(62-30-12-7-13-31-62)101-96(92)75-42-24-28-46-89(75)110-101)108(68-50-53-73-83(57-68)105(5,6)100-98(73)102-97(76-43-25-29-47-90(76)111-102)95-71-40-22-26-44-80(71)104(3,4)99(95)100)69-48-51-70-78-60-86-79(61-85(78)107(84(70)58-69,65-36-18-10-19-37-65)66-38-20-11-21-39-66)93-81(54-55-91-94(93)74-41-23-27-45-88(74)109-91)106(86,63-32-14-8-15-33-63)64-34-16-9-17-35-64/h7-61H,1-6H3. The minimum atomic E-state index is -0.831. The second-order valence-corrected chi connectivity index (χ2v) is 33.1. The molecule has 24 rings (SSSR count). The second-order valence-electron chi connectivity index (χ2n) is 33.1. The number of anilines is 3. The monoisotopic (exact) mass is 1420 g/mol. The van der Waals surface area contributed by atoms with Crippen molar-refractivity contribution in [1.29, 1.82) is 0 Å². The van der Waals surface area contributed by atoms with Crippen molar-refractivity contribution < 1.29 is 13.3 Å². The molecule has 5 aliphatic rings. The largest absolute Gasteiger partial charge is 0.456 e. The van der Waals surface area contributed by atoms with Crippen LogP contribution in [0.4, 0.5) is 17.1 Å². The zero-order chi connectivity index (χ0) is 73.8. The fourth-order valence-electron chi connectivity index (χ4n) is 22.1. The molecule has 16 aromatic carbocycles. The Morgan fingerprint density at radius 3 is 1.22 bits per heavy atom. The molecule has 0 fully saturated rings. The van der Waals surface area contributed by atoms with Crippen LogP contribution in [0.25, 0.3) is 133 Å². The molecule has 4 nitrogen and oxygen atoms in total. The second kappa shape index (κ2) is 22.0. The van der Waals surface area contributed by atoms with Gasteiger partial charge >= 0.3 is 0 Å². The lowest BCUT2D eigenvalue weighted by Gasteiger charge is -2.36. The van der Waals surface area contributed by atoms with Gasteiger partial charge in [0.1, 0.15) is 33.5 Å². The molecule has 3 heterocycles.